The first-order valence-corrected chi connectivity index (χ1v) is 10.1. The van der Waals surface area contributed by atoms with Gasteiger partial charge in [0.15, 0.2) is 0 Å². The molecular weight excluding hydrogens is 350 g/mol. The van der Waals surface area contributed by atoms with Gasteiger partial charge in [-0.2, -0.15) is 0 Å². The molecule has 0 unspecified atom stereocenters. The van der Waals surface area contributed by atoms with E-state index in [-0.39, 0.29) is 11.7 Å². The zero-order valence-electron chi connectivity index (χ0n) is 16.1. The highest BCUT2D eigenvalue weighted by Gasteiger charge is 2.28. The summed E-state index contributed by atoms with van der Waals surface area (Å²) in [7, 11) is 0. The number of piperidine rings is 1. The van der Waals surface area contributed by atoms with Crippen LogP contribution in [0, 0.1) is 6.92 Å². The van der Waals surface area contributed by atoms with E-state index >= 15 is 0 Å². The molecule has 5 rings (SSSR count). The number of aryl methyl sites for hydroxylation is 1. The predicted molar refractivity (Wildman–Crippen MR) is 110 cm³/mol. The van der Waals surface area contributed by atoms with Crippen LogP contribution in [0.1, 0.15) is 46.3 Å². The van der Waals surface area contributed by atoms with Crippen LogP contribution in [0.25, 0.3) is 22.2 Å². The Labute approximate surface area is 164 Å². The molecule has 0 spiro atoms. The van der Waals surface area contributed by atoms with Crippen LogP contribution in [0.2, 0.25) is 0 Å². The summed E-state index contributed by atoms with van der Waals surface area (Å²) >= 11 is 0. The fourth-order valence-electron chi connectivity index (χ4n) is 4.58. The molecule has 0 atom stereocenters. The molecule has 5 heteroatoms. The van der Waals surface area contributed by atoms with Gasteiger partial charge in [-0.3, -0.25) is 9.69 Å². The number of rotatable bonds is 3. The van der Waals surface area contributed by atoms with Crippen LogP contribution >= 0.6 is 0 Å². The third kappa shape index (κ3) is 2.87. The van der Waals surface area contributed by atoms with Gasteiger partial charge in [-0.05, 0) is 68.2 Å². The number of likely N-dealkylation sites (tertiary alicyclic amines) is 1. The topological polar surface area (TPSA) is 68.4 Å². The van der Waals surface area contributed by atoms with Crippen molar-refractivity contribution in [2.45, 2.75) is 39.3 Å². The Morgan fingerprint density at radius 2 is 1.93 bits per heavy atom. The quantitative estimate of drug-likeness (QED) is 0.646. The maximum absolute atomic E-state index is 12.4. The standard InChI is InChI=1S/C23H25N3O2/c1-14-9-17(21-18(22(14)27)12-24-23(21)28)20-11-16-10-15(5-6-19(16)25-20)13-26-7-3-2-4-8-26/h5-6,9-11,25,27H,2-4,7-8,12-13H2,1H3,(H,24,28). The zero-order valence-corrected chi connectivity index (χ0v) is 16.1. The molecule has 3 heterocycles. The summed E-state index contributed by atoms with van der Waals surface area (Å²) in [6.07, 6.45) is 3.94. The summed E-state index contributed by atoms with van der Waals surface area (Å²) in [4.78, 5) is 18.4. The number of phenolic OH excluding ortho intramolecular Hbond substituents is 1. The van der Waals surface area contributed by atoms with Crippen molar-refractivity contribution in [1.82, 2.24) is 15.2 Å². The van der Waals surface area contributed by atoms with Crippen molar-refractivity contribution >= 4 is 16.8 Å². The second kappa shape index (κ2) is 6.67. The number of hydrogen-bond acceptors (Lipinski definition) is 3. The molecule has 0 radical (unpaired) electrons. The number of H-pyrrole nitrogens is 1. The first-order chi connectivity index (χ1) is 13.6. The molecule has 0 bridgehead atoms. The van der Waals surface area contributed by atoms with Crippen LogP contribution in [-0.2, 0) is 13.1 Å². The van der Waals surface area contributed by atoms with Gasteiger partial charge in [-0.15, -0.1) is 0 Å². The van der Waals surface area contributed by atoms with Gasteiger partial charge in [0.05, 0.1) is 5.56 Å². The lowest BCUT2D eigenvalue weighted by Gasteiger charge is -2.26. The number of benzene rings is 2. The lowest BCUT2D eigenvalue weighted by molar-refractivity contribution is 0.0966. The van der Waals surface area contributed by atoms with E-state index in [0.29, 0.717) is 17.7 Å². The molecule has 1 amide bonds. The van der Waals surface area contributed by atoms with Crippen molar-refractivity contribution in [1.29, 1.82) is 0 Å². The van der Waals surface area contributed by atoms with E-state index in [1.807, 2.05) is 13.0 Å². The third-order valence-corrected chi connectivity index (χ3v) is 6.07. The SMILES string of the molecule is Cc1cc(-c2cc3cc(CN4CCCCC4)ccc3[nH]2)c2c(c1O)CNC2=O. The number of nitrogens with one attached hydrogen (secondary N) is 2. The summed E-state index contributed by atoms with van der Waals surface area (Å²) in [5, 5.41) is 14.3. The van der Waals surface area contributed by atoms with Gasteiger partial charge in [0.2, 0.25) is 0 Å². The molecular formula is C23H25N3O2. The Balaban J connectivity index is 1.53. The molecule has 1 aromatic heterocycles. The number of aromatic hydroxyl groups is 1. The fourth-order valence-corrected chi connectivity index (χ4v) is 4.58. The van der Waals surface area contributed by atoms with Crippen LogP contribution in [0.3, 0.4) is 0 Å². The molecule has 2 aromatic carbocycles. The number of phenols is 1. The molecule has 0 aliphatic carbocycles. The minimum Gasteiger partial charge on any atom is -0.507 e. The number of amides is 1. The average molecular weight is 375 g/mol. The number of nitrogens with zero attached hydrogens (tertiary/aromatic N) is 1. The molecule has 3 aromatic rings. The summed E-state index contributed by atoms with van der Waals surface area (Å²) in [5.41, 5.74) is 6.23. The zero-order chi connectivity index (χ0) is 19.3. The third-order valence-electron chi connectivity index (χ3n) is 6.07. The maximum atomic E-state index is 12.4. The highest BCUT2D eigenvalue weighted by atomic mass is 16.3. The Bertz CT molecular complexity index is 1080. The van der Waals surface area contributed by atoms with E-state index in [2.05, 4.69) is 39.5 Å². The molecule has 1 fully saturated rings. The largest absolute Gasteiger partial charge is 0.507 e. The number of aromatic nitrogens is 1. The predicted octanol–water partition coefficient (Wildman–Crippen LogP) is 4.08. The normalized spacial score (nSPS) is 17.1. The summed E-state index contributed by atoms with van der Waals surface area (Å²) in [6.45, 7) is 5.62. The van der Waals surface area contributed by atoms with Crippen LogP contribution in [-0.4, -0.2) is 34.0 Å². The van der Waals surface area contributed by atoms with Crippen LogP contribution in [0.5, 0.6) is 5.75 Å². The van der Waals surface area contributed by atoms with Crippen molar-refractivity contribution in [3.63, 3.8) is 0 Å². The highest BCUT2D eigenvalue weighted by Crippen LogP contribution is 2.37. The summed E-state index contributed by atoms with van der Waals surface area (Å²) < 4.78 is 0. The lowest BCUT2D eigenvalue weighted by Crippen LogP contribution is -2.28. The first kappa shape index (κ1) is 17.3. The Kier molecular flexibility index (Phi) is 4.13. The Morgan fingerprint density at radius 1 is 1.11 bits per heavy atom. The van der Waals surface area contributed by atoms with E-state index in [9.17, 15) is 9.90 Å². The van der Waals surface area contributed by atoms with Gasteiger partial charge in [0.1, 0.15) is 5.75 Å². The van der Waals surface area contributed by atoms with Crippen molar-refractivity contribution in [2.75, 3.05) is 13.1 Å². The van der Waals surface area contributed by atoms with Crippen molar-refractivity contribution < 1.29 is 9.90 Å². The minimum atomic E-state index is -0.121. The molecule has 3 N–H and O–H groups in total. The maximum Gasteiger partial charge on any atom is 0.252 e. The van der Waals surface area contributed by atoms with E-state index in [1.54, 1.807) is 0 Å². The van der Waals surface area contributed by atoms with Crippen LogP contribution < -0.4 is 5.32 Å². The fraction of sp³-hybridized carbons (Fsp3) is 0.348. The Hall–Kier alpha value is -2.79. The highest BCUT2D eigenvalue weighted by molar-refractivity contribution is 6.06. The van der Waals surface area contributed by atoms with Crippen molar-refractivity contribution in [3.8, 4) is 17.0 Å². The molecule has 1 saturated heterocycles. The molecule has 144 valence electrons. The second-order valence-corrected chi connectivity index (χ2v) is 8.07. The smallest absolute Gasteiger partial charge is 0.252 e. The van der Waals surface area contributed by atoms with Gasteiger partial charge in [-0.1, -0.05) is 12.5 Å². The Morgan fingerprint density at radius 3 is 2.75 bits per heavy atom. The van der Waals surface area contributed by atoms with E-state index in [4.69, 9.17) is 0 Å². The van der Waals surface area contributed by atoms with Gasteiger partial charge in [0.25, 0.3) is 5.91 Å². The second-order valence-electron chi connectivity index (χ2n) is 8.07. The molecule has 2 aliphatic rings. The van der Waals surface area contributed by atoms with E-state index < -0.39 is 0 Å². The van der Waals surface area contributed by atoms with Gasteiger partial charge < -0.3 is 15.4 Å². The summed E-state index contributed by atoms with van der Waals surface area (Å²) in [6, 6.07) is 10.6. The van der Waals surface area contributed by atoms with Gasteiger partial charge >= 0.3 is 0 Å². The van der Waals surface area contributed by atoms with Gasteiger partial charge in [-0.25, -0.2) is 0 Å². The van der Waals surface area contributed by atoms with E-state index in [0.717, 1.165) is 34.3 Å². The van der Waals surface area contributed by atoms with Gasteiger partial charge in [0, 0.05) is 40.8 Å². The van der Waals surface area contributed by atoms with E-state index in [1.165, 1.54) is 37.9 Å². The minimum absolute atomic E-state index is 0.121. The molecule has 2 aliphatic heterocycles. The molecule has 5 nitrogen and oxygen atoms in total. The first-order valence-electron chi connectivity index (χ1n) is 10.1. The number of fused-ring (bicyclic) bond motifs is 2. The summed E-state index contributed by atoms with van der Waals surface area (Å²) in [5.74, 6) is 0.0989. The number of aromatic amines is 1. The molecule has 28 heavy (non-hydrogen) atoms. The molecule has 0 saturated carbocycles. The monoisotopic (exact) mass is 375 g/mol. The number of carbonyl (C=O) groups is 1. The van der Waals surface area contributed by atoms with Crippen molar-refractivity contribution in [3.05, 3.63) is 52.6 Å². The van der Waals surface area contributed by atoms with Crippen LogP contribution in [0.4, 0.5) is 0 Å². The van der Waals surface area contributed by atoms with Crippen LogP contribution in [0.15, 0.2) is 30.3 Å². The average Bonchev–Trinajstić information content (AvgIpc) is 3.29. The number of hydrogen-bond donors (Lipinski definition) is 3. The lowest BCUT2D eigenvalue weighted by atomic mass is 9.96. The number of carbonyl (C=O) groups excluding carboxylic acids is 1. The van der Waals surface area contributed by atoms with Crippen molar-refractivity contribution in [2.24, 2.45) is 0 Å².